The number of ether oxygens (including phenoxy) is 1. The van der Waals surface area contributed by atoms with Crippen molar-refractivity contribution in [2.45, 2.75) is 52.4 Å². The maximum absolute atomic E-state index is 12.6. The Balaban J connectivity index is 1.48. The number of hydrazine groups is 1. The van der Waals surface area contributed by atoms with Gasteiger partial charge in [-0.15, -0.1) is 0 Å². The van der Waals surface area contributed by atoms with Gasteiger partial charge in [-0.05, 0) is 86.4 Å². The first-order valence-electron chi connectivity index (χ1n) is 12.3. The maximum Gasteiger partial charge on any atom is 0.276 e. The Morgan fingerprint density at radius 3 is 1.79 bits per heavy atom. The molecule has 3 aromatic carbocycles. The largest absolute Gasteiger partial charge is 0.483 e. The quantitative estimate of drug-likeness (QED) is 0.306. The maximum atomic E-state index is 12.6. The number of hydrogen-bond acceptors (Lipinski definition) is 4. The van der Waals surface area contributed by atoms with Gasteiger partial charge in [-0.1, -0.05) is 59.7 Å². The second kappa shape index (κ2) is 11.8. The highest BCUT2D eigenvalue weighted by atomic mass is 79.9. The number of nitrogens with one attached hydrogen (secondary N) is 3. The second-order valence-electron chi connectivity index (χ2n) is 11.0. The van der Waals surface area contributed by atoms with Crippen molar-refractivity contribution in [2.24, 2.45) is 0 Å². The average Bonchev–Trinajstić information content (AvgIpc) is 2.86. The van der Waals surface area contributed by atoms with Crippen LogP contribution < -0.4 is 20.9 Å². The zero-order valence-electron chi connectivity index (χ0n) is 22.6. The molecule has 3 aromatic rings. The monoisotopic (exact) mass is 579 g/mol. The first-order chi connectivity index (χ1) is 17.7. The summed E-state index contributed by atoms with van der Waals surface area (Å²) in [5, 5.41) is 2.82. The summed E-state index contributed by atoms with van der Waals surface area (Å²) >= 11 is 3.47. The van der Waals surface area contributed by atoms with E-state index in [1.165, 1.54) is 0 Å². The SMILES string of the molecule is CC(C)(C)c1ccc(C(=O)Nc2ccc(C(=O)NNC(=O)COc3ccc(C(C)(C)C)cc3Br)cc2)cc1. The van der Waals surface area contributed by atoms with E-state index in [-0.39, 0.29) is 23.3 Å². The summed E-state index contributed by atoms with van der Waals surface area (Å²) < 4.78 is 6.31. The Hall–Kier alpha value is -3.65. The Kier molecular flexibility index (Phi) is 8.99. The molecular formula is C30H34BrN3O4. The van der Waals surface area contributed by atoms with Crippen LogP contribution in [0.1, 0.15) is 73.4 Å². The van der Waals surface area contributed by atoms with Crippen molar-refractivity contribution >= 4 is 39.3 Å². The molecule has 0 fully saturated rings. The minimum Gasteiger partial charge on any atom is -0.483 e. The number of anilines is 1. The minimum atomic E-state index is -0.508. The Morgan fingerprint density at radius 1 is 0.711 bits per heavy atom. The van der Waals surface area contributed by atoms with E-state index >= 15 is 0 Å². The molecule has 0 aliphatic carbocycles. The summed E-state index contributed by atoms with van der Waals surface area (Å²) in [4.78, 5) is 37.1. The predicted molar refractivity (Wildman–Crippen MR) is 153 cm³/mol. The van der Waals surface area contributed by atoms with Gasteiger partial charge in [0.2, 0.25) is 0 Å². The molecular weight excluding hydrogens is 546 g/mol. The van der Waals surface area contributed by atoms with Gasteiger partial charge in [-0.3, -0.25) is 25.2 Å². The fourth-order valence-electron chi connectivity index (χ4n) is 3.49. The van der Waals surface area contributed by atoms with Gasteiger partial charge in [0.05, 0.1) is 4.47 Å². The van der Waals surface area contributed by atoms with E-state index in [9.17, 15) is 14.4 Å². The van der Waals surface area contributed by atoms with Gasteiger partial charge in [0.25, 0.3) is 17.7 Å². The molecule has 0 atom stereocenters. The van der Waals surface area contributed by atoms with Gasteiger partial charge >= 0.3 is 0 Å². The molecule has 0 heterocycles. The molecule has 0 unspecified atom stereocenters. The molecule has 0 bridgehead atoms. The normalized spacial score (nSPS) is 11.4. The molecule has 0 aromatic heterocycles. The number of benzene rings is 3. The highest BCUT2D eigenvalue weighted by molar-refractivity contribution is 9.10. The molecule has 3 amide bonds. The number of carbonyl (C=O) groups is 3. The number of rotatable bonds is 6. The van der Waals surface area contributed by atoms with E-state index in [1.54, 1.807) is 42.5 Å². The van der Waals surface area contributed by atoms with E-state index in [0.717, 1.165) is 15.6 Å². The summed E-state index contributed by atoms with van der Waals surface area (Å²) in [5.41, 5.74) is 8.39. The van der Waals surface area contributed by atoms with Crippen LogP contribution in [0.15, 0.2) is 71.2 Å². The summed E-state index contributed by atoms with van der Waals surface area (Å²) in [7, 11) is 0. The third-order valence-electron chi connectivity index (χ3n) is 5.89. The van der Waals surface area contributed by atoms with Crippen molar-refractivity contribution in [1.29, 1.82) is 0 Å². The number of amides is 3. The molecule has 0 saturated carbocycles. The number of hydrogen-bond donors (Lipinski definition) is 3. The summed E-state index contributed by atoms with van der Waals surface area (Å²) in [5.74, 6) is -0.715. The molecule has 0 saturated heterocycles. The second-order valence-corrected chi connectivity index (χ2v) is 11.9. The molecule has 0 aliphatic heterocycles. The third-order valence-corrected chi connectivity index (χ3v) is 6.51. The van der Waals surface area contributed by atoms with Crippen LogP contribution in [0.3, 0.4) is 0 Å². The lowest BCUT2D eigenvalue weighted by Gasteiger charge is -2.20. The van der Waals surface area contributed by atoms with Crippen LogP contribution >= 0.6 is 15.9 Å². The zero-order valence-corrected chi connectivity index (χ0v) is 24.2. The van der Waals surface area contributed by atoms with Crippen molar-refractivity contribution in [2.75, 3.05) is 11.9 Å². The van der Waals surface area contributed by atoms with Crippen LogP contribution in [-0.4, -0.2) is 24.3 Å². The van der Waals surface area contributed by atoms with Crippen molar-refractivity contribution in [3.63, 3.8) is 0 Å². The van der Waals surface area contributed by atoms with Crippen LogP contribution in [0.4, 0.5) is 5.69 Å². The third kappa shape index (κ3) is 7.92. The van der Waals surface area contributed by atoms with E-state index in [0.29, 0.717) is 22.6 Å². The van der Waals surface area contributed by atoms with Crippen molar-refractivity contribution in [1.82, 2.24) is 10.9 Å². The first kappa shape index (κ1) is 28.9. The van der Waals surface area contributed by atoms with Crippen LogP contribution in [0, 0.1) is 0 Å². The van der Waals surface area contributed by atoms with Crippen molar-refractivity contribution < 1.29 is 19.1 Å². The van der Waals surface area contributed by atoms with Crippen molar-refractivity contribution in [3.05, 3.63) is 93.5 Å². The van der Waals surface area contributed by atoms with Crippen LogP contribution in [0.25, 0.3) is 0 Å². The Bertz CT molecular complexity index is 1310. The van der Waals surface area contributed by atoms with E-state index in [1.807, 2.05) is 24.3 Å². The number of carbonyl (C=O) groups excluding carboxylic acids is 3. The van der Waals surface area contributed by atoms with Gasteiger partial charge in [0, 0.05) is 16.8 Å². The smallest absolute Gasteiger partial charge is 0.276 e. The standard InChI is InChI=1S/C30H34BrN3O4/c1-29(2,3)21-11-7-19(8-12-21)27(36)32-23-14-9-20(10-15-23)28(37)34-33-26(35)18-38-25-16-13-22(17-24(25)31)30(4,5)6/h7-17H,18H2,1-6H3,(H,32,36)(H,33,35)(H,34,37). The lowest BCUT2D eigenvalue weighted by molar-refractivity contribution is -0.123. The van der Waals surface area contributed by atoms with Crippen LogP contribution in [0.5, 0.6) is 5.75 Å². The lowest BCUT2D eigenvalue weighted by atomic mass is 9.87. The molecule has 38 heavy (non-hydrogen) atoms. The van der Waals surface area contributed by atoms with Crippen LogP contribution in [0.2, 0.25) is 0 Å². The number of halogens is 1. The minimum absolute atomic E-state index is 0.00736. The fraction of sp³-hybridized carbons (Fsp3) is 0.300. The van der Waals surface area contributed by atoms with E-state index in [2.05, 4.69) is 73.6 Å². The molecule has 7 nitrogen and oxygen atoms in total. The molecule has 3 N–H and O–H groups in total. The average molecular weight is 581 g/mol. The van der Waals surface area contributed by atoms with Gasteiger partial charge in [0.1, 0.15) is 5.75 Å². The lowest BCUT2D eigenvalue weighted by Crippen LogP contribution is -2.43. The van der Waals surface area contributed by atoms with Crippen molar-refractivity contribution in [3.8, 4) is 5.75 Å². The highest BCUT2D eigenvalue weighted by Crippen LogP contribution is 2.31. The highest BCUT2D eigenvalue weighted by Gasteiger charge is 2.17. The van der Waals surface area contributed by atoms with E-state index < -0.39 is 11.8 Å². The summed E-state index contributed by atoms with van der Waals surface area (Å²) in [6.45, 7) is 12.4. The van der Waals surface area contributed by atoms with Crippen LogP contribution in [-0.2, 0) is 15.6 Å². The van der Waals surface area contributed by atoms with Gasteiger partial charge in [-0.25, -0.2) is 0 Å². The predicted octanol–water partition coefficient (Wildman–Crippen LogP) is 6.14. The molecule has 0 aliphatic rings. The Morgan fingerprint density at radius 2 is 1.24 bits per heavy atom. The topological polar surface area (TPSA) is 96.5 Å². The molecule has 3 rings (SSSR count). The van der Waals surface area contributed by atoms with Gasteiger partial charge < -0.3 is 10.1 Å². The van der Waals surface area contributed by atoms with Gasteiger partial charge in [0.15, 0.2) is 6.61 Å². The summed E-state index contributed by atoms with van der Waals surface area (Å²) in [6.07, 6.45) is 0. The molecule has 0 spiro atoms. The first-order valence-corrected chi connectivity index (χ1v) is 13.1. The molecule has 8 heteroatoms. The van der Waals surface area contributed by atoms with Gasteiger partial charge in [-0.2, -0.15) is 0 Å². The van der Waals surface area contributed by atoms with E-state index in [4.69, 9.17) is 4.74 Å². The molecule has 200 valence electrons. The molecule has 0 radical (unpaired) electrons. The zero-order chi connectivity index (χ0) is 28.1. The fourth-order valence-corrected chi connectivity index (χ4v) is 3.99. The Labute approximate surface area is 232 Å². The summed E-state index contributed by atoms with van der Waals surface area (Å²) in [6, 6.07) is 19.6.